The minimum Gasteiger partial charge on any atom is -0.489 e. The molecule has 0 aliphatic carbocycles. The predicted molar refractivity (Wildman–Crippen MR) is 119 cm³/mol. The number of halogens is 2. The lowest BCUT2D eigenvalue weighted by atomic mass is 10.1. The lowest BCUT2D eigenvalue weighted by molar-refractivity contribution is -0.116. The number of carbonyl (C=O) groups is 1. The third-order valence-corrected chi connectivity index (χ3v) is 4.71. The van der Waals surface area contributed by atoms with Crippen molar-refractivity contribution in [2.75, 3.05) is 10.6 Å². The Labute approximate surface area is 178 Å². The van der Waals surface area contributed by atoms with Crippen LogP contribution in [-0.4, -0.2) is 12.0 Å². The Morgan fingerprint density at radius 1 is 1.07 bits per heavy atom. The summed E-state index contributed by atoms with van der Waals surface area (Å²) in [6.07, 6.45) is 0.598. The summed E-state index contributed by atoms with van der Waals surface area (Å²) in [4.78, 5) is 12.0. The average molecular weight is 498 g/mol. The number of nitrogens with one attached hydrogen (secondary N) is 2. The molecule has 0 saturated heterocycles. The van der Waals surface area contributed by atoms with Crippen molar-refractivity contribution in [2.24, 2.45) is 5.92 Å². The molecule has 2 N–H and O–H groups in total. The molecular formula is C21H26Br2N2O2. The summed E-state index contributed by atoms with van der Waals surface area (Å²) in [5.74, 6) is 1.20. The first-order valence-electron chi connectivity index (χ1n) is 9.03. The lowest BCUT2D eigenvalue weighted by Gasteiger charge is -2.17. The topological polar surface area (TPSA) is 50.4 Å². The van der Waals surface area contributed by atoms with E-state index in [1.54, 1.807) is 0 Å². The number of hydrogen-bond donors (Lipinski definition) is 2. The molecule has 0 aromatic heterocycles. The Morgan fingerprint density at radius 3 is 2.44 bits per heavy atom. The average Bonchev–Trinajstić information content (AvgIpc) is 2.55. The molecule has 0 radical (unpaired) electrons. The van der Waals surface area contributed by atoms with Crippen molar-refractivity contribution in [3.05, 3.63) is 50.9 Å². The normalized spacial score (nSPS) is 11.0. The molecule has 4 nitrogen and oxygen atoms in total. The zero-order valence-corrected chi connectivity index (χ0v) is 19.3. The van der Waals surface area contributed by atoms with E-state index in [0.29, 0.717) is 18.9 Å². The predicted octanol–water partition coefficient (Wildman–Crippen LogP) is 6.60. The zero-order chi connectivity index (χ0) is 20.0. The van der Waals surface area contributed by atoms with Crippen LogP contribution in [0.25, 0.3) is 0 Å². The van der Waals surface area contributed by atoms with E-state index in [-0.39, 0.29) is 12.0 Å². The molecule has 2 rings (SSSR count). The van der Waals surface area contributed by atoms with Crippen molar-refractivity contribution in [1.82, 2.24) is 0 Å². The van der Waals surface area contributed by atoms with Gasteiger partial charge >= 0.3 is 0 Å². The Balaban J connectivity index is 2.11. The van der Waals surface area contributed by atoms with E-state index in [4.69, 9.17) is 4.74 Å². The van der Waals surface area contributed by atoms with E-state index >= 15 is 0 Å². The van der Waals surface area contributed by atoms with Crippen LogP contribution in [0.15, 0.2) is 45.3 Å². The van der Waals surface area contributed by atoms with Crippen LogP contribution in [0.2, 0.25) is 0 Å². The highest BCUT2D eigenvalue weighted by Crippen LogP contribution is 2.34. The molecule has 146 valence electrons. The first-order chi connectivity index (χ1) is 12.7. The lowest BCUT2D eigenvalue weighted by Crippen LogP contribution is -2.14. The summed E-state index contributed by atoms with van der Waals surface area (Å²) in [6, 6.07) is 11.8. The Morgan fingerprint density at radius 2 is 1.78 bits per heavy atom. The van der Waals surface area contributed by atoms with Gasteiger partial charge in [-0.3, -0.25) is 4.79 Å². The molecule has 27 heavy (non-hydrogen) atoms. The first-order valence-corrected chi connectivity index (χ1v) is 10.6. The molecule has 2 aromatic carbocycles. The van der Waals surface area contributed by atoms with Gasteiger partial charge in [0.05, 0.1) is 10.6 Å². The van der Waals surface area contributed by atoms with E-state index in [1.165, 1.54) is 0 Å². The minimum atomic E-state index is 0.0330. The van der Waals surface area contributed by atoms with Crippen molar-refractivity contribution in [3.8, 4) is 5.75 Å². The van der Waals surface area contributed by atoms with E-state index in [0.717, 1.165) is 31.6 Å². The molecule has 6 heteroatoms. The highest BCUT2D eigenvalue weighted by molar-refractivity contribution is 9.11. The van der Waals surface area contributed by atoms with Crippen molar-refractivity contribution < 1.29 is 9.53 Å². The van der Waals surface area contributed by atoms with Crippen LogP contribution in [0.3, 0.4) is 0 Å². The summed E-state index contributed by atoms with van der Waals surface area (Å²) in [5.41, 5.74) is 2.77. The largest absolute Gasteiger partial charge is 0.489 e. The molecule has 1 amide bonds. The van der Waals surface area contributed by atoms with E-state index in [1.807, 2.05) is 64.1 Å². The first kappa shape index (κ1) is 21.8. The van der Waals surface area contributed by atoms with Crippen LogP contribution in [0.4, 0.5) is 11.4 Å². The Kier molecular flexibility index (Phi) is 8.17. The molecule has 0 fully saturated rings. The molecule has 0 aliphatic heterocycles. The second-order valence-electron chi connectivity index (χ2n) is 7.12. The van der Waals surface area contributed by atoms with Gasteiger partial charge in [-0.25, -0.2) is 0 Å². The van der Waals surface area contributed by atoms with Crippen molar-refractivity contribution in [1.29, 1.82) is 0 Å². The number of carbonyl (C=O) groups excluding carboxylic acids is 1. The van der Waals surface area contributed by atoms with Gasteiger partial charge in [0.15, 0.2) is 0 Å². The number of benzene rings is 2. The quantitative estimate of drug-likeness (QED) is 0.432. The maximum absolute atomic E-state index is 12.0. The fraction of sp³-hybridized carbons (Fsp3) is 0.381. The molecule has 0 saturated carbocycles. The third kappa shape index (κ3) is 7.18. The smallest absolute Gasteiger partial charge is 0.224 e. The minimum absolute atomic E-state index is 0.0330. The second kappa shape index (κ2) is 10.1. The van der Waals surface area contributed by atoms with Gasteiger partial charge in [-0.05, 0) is 66.0 Å². The van der Waals surface area contributed by atoms with Gasteiger partial charge < -0.3 is 15.4 Å². The summed E-state index contributed by atoms with van der Waals surface area (Å²) in [7, 11) is 0. The fourth-order valence-electron chi connectivity index (χ4n) is 2.60. The van der Waals surface area contributed by atoms with E-state index in [9.17, 15) is 4.79 Å². The van der Waals surface area contributed by atoms with E-state index in [2.05, 4.69) is 42.5 Å². The fourth-order valence-corrected chi connectivity index (χ4v) is 4.01. The van der Waals surface area contributed by atoms with Gasteiger partial charge in [-0.1, -0.05) is 35.8 Å². The van der Waals surface area contributed by atoms with Gasteiger partial charge in [-0.2, -0.15) is 0 Å². The highest BCUT2D eigenvalue weighted by atomic mass is 79.9. The molecule has 0 spiro atoms. The summed E-state index contributed by atoms with van der Waals surface area (Å²) >= 11 is 7.12. The van der Waals surface area contributed by atoms with Crippen LogP contribution in [-0.2, 0) is 11.3 Å². The molecule has 0 heterocycles. The molecule has 2 aromatic rings. The van der Waals surface area contributed by atoms with Crippen LogP contribution in [0, 0.1) is 5.92 Å². The summed E-state index contributed by atoms with van der Waals surface area (Å²) in [5, 5.41) is 6.36. The zero-order valence-electron chi connectivity index (χ0n) is 16.1. The van der Waals surface area contributed by atoms with Gasteiger partial charge in [0.25, 0.3) is 0 Å². The van der Waals surface area contributed by atoms with E-state index < -0.39 is 0 Å². The van der Waals surface area contributed by atoms with Crippen molar-refractivity contribution in [2.45, 2.75) is 46.8 Å². The maximum Gasteiger partial charge on any atom is 0.224 e. The van der Waals surface area contributed by atoms with Gasteiger partial charge in [0.2, 0.25) is 5.91 Å². The van der Waals surface area contributed by atoms with Crippen LogP contribution in [0.1, 0.15) is 39.7 Å². The van der Waals surface area contributed by atoms with Crippen molar-refractivity contribution >= 4 is 49.1 Å². The summed E-state index contributed by atoms with van der Waals surface area (Å²) in [6.45, 7) is 8.68. The van der Waals surface area contributed by atoms with Crippen molar-refractivity contribution in [3.63, 3.8) is 0 Å². The van der Waals surface area contributed by atoms with Crippen LogP contribution >= 0.6 is 31.9 Å². The SMILES string of the molecule is CC(C)CC(=O)Nc1cccc(NCc2cc(Br)cc(Br)c2OC(C)C)c1. The number of ether oxygens (including phenoxy) is 1. The van der Waals surface area contributed by atoms with Gasteiger partial charge in [0.1, 0.15) is 5.75 Å². The number of rotatable bonds is 8. The second-order valence-corrected chi connectivity index (χ2v) is 8.89. The number of anilines is 2. The molecule has 0 aliphatic rings. The summed E-state index contributed by atoms with van der Waals surface area (Å²) < 4.78 is 7.87. The number of hydrogen-bond acceptors (Lipinski definition) is 3. The van der Waals surface area contributed by atoms with Crippen LogP contribution < -0.4 is 15.4 Å². The van der Waals surface area contributed by atoms with Gasteiger partial charge in [-0.15, -0.1) is 0 Å². The number of amides is 1. The Hall–Kier alpha value is -1.53. The molecular weight excluding hydrogens is 472 g/mol. The maximum atomic E-state index is 12.0. The monoisotopic (exact) mass is 496 g/mol. The molecule has 0 bridgehead atoms. The third-order valence-electron chi connectivity index (χ3n) is 3.66. The highest BCUT2D eigenvalue weighted by Gasteiger charge is 2.12. The Bertz CT molecular complexity index is 792. The molecule has 0 unspecified atom stereocenters. The van der Waals surface area contributed by atoms with Gasteiger partial charge in [0, 0.05) is 34.4 Å². The standard InChI is InChI=1S/C21H26Br2N2O2/c1-13(2)8-20(26)25-18-7-5-6-17(11-18)24-12-15-9-16(22)10-19(23)21(15)27-14(3)4/h5-7,9-11,13-14,24H,8,12H2,1-4H3,(H,25,26). The molecule has 0 atom stereocenters. The van der Waals surface area contributed by atoms with Crippen LogP contribution in [0.5, 0.6) is 5.75 Å².